The van der Waals surface area contributed by atoms with E-state index in [1.54, 1.807) is 46.2 Å². The second-order valence-corrected chi connectivity index (χ2v) is 9.75. The minimum atomic E-state index is -0.0732. The first-order valence-electron chi connectivity index (χ1n) is 14.4. The van der Waals surface area contributed by atoms with Crippen molar-refractivity contribution in [2.24, 2.45) is 0 Å². The van der Waals surface area contributed by atoms with Crippen molar-refractivity contribution in [3.05, 3.63) is 47.5 Å². The lowest BCUT2D eigenvalue weighted by molar-refractivity contribution is 0.0301. The molecule has 2 fully saturated rings. The van der Waals surface area contributed by atoms with Crippen LogP contribution in [0.25, 0.3) is 0 Å². The third-order valence-electron chi connectivity index (χ3n) is 6.92. The van der Waals surface area contributed by atoms with Gasteiger partial charge in [-0.3, -0.25) is 9.59 Å². The molecule has 0 aromatic heterocycles. The molecule has 12 nitrogen and oxygen atoms in total. The van der Waals surface area contributed by atoms with Crippen LogP contribution >= 0.6 is 0 Å². The number of rotatable bonds is 2. The van der Waals surface area contributed by atoms with Crippen LogP contribution in [-0.2, 0) is 18.9 Å². The van der Waals surface area contributed by atoms with Gasteiger partial charge in [-0.25, -0.2) is 0 Å². The molecule has 0 bridgehead atoms. The summed E-state index contributed by atoms with van der Waals surface area (Å²) in [5.41, 5.74) is 1.04. The van der Waals surface area contributed by atoms with Crippen LogP contribution in [0.1, 0.15) is 20.7 Å². The minimum Gasteiger partial charge on any atom is -0.487 e. The van der Waals surface area contributed by atoms with Crippen molar-refractivity contribution in [3.8, 4) is 23.0 Å². The molecule has 3 aliphatic rings. The molecule has 228 valence electrons. The highest BCUT2D eigenvalue weighted by atomic mass is 16.6. The summed E-state index contributed by atoms with van der Waals surface area (Å²) < 4.78 is 45.9. The topological polar surface area (TPSA) is 114 Å². The maximum absolute atomic E-state index is 13.0. The van der Waals surface area contributed by atoms with Gasteiger partial charge in [0.05, 0.1) is 52.9 Å². The highest BCUT2D eigenvalue weighted by Gasteiger charge is 2.22. The Morgan fingerprint density at radius 2 is 0.762 bits per heavy atom. The van der Waals surface area contributed by atoms with Gasteiger partial charge in [-0.1, -0.05) is 0 Å². The third-order valence-corrected chi connectivity index (χ3v) is 6.92. The van der Waals surface area contributed by atoms with E-state index >= 15 is 0 Å². The number of benzene rings is 2. The second kappa shape index (κ2) is 15.6. The molecule has 2 aromatic carbocycles. The van der Waals surface area contributed by atoms with Gasteiger partial charge in [-0.15, -0.1) is 0 Å². The lowest BCUT2D eigenvalue weighted by atomic mass is 10.1. The molecule has 3 heterocycles. The van der Waals surface area contributed by atoms with Crippen LogP contribution < -0.4 is 18.9 Å². The van der Waals surface area contributed by atoms with Crippen LogP contribution in [-0.4, -0.2) is 127 Å². The normalized spacial score (nSPS) is 19.3. The molecule has 0 spiro atoms. The Bertz CT molecular complexity index is 1090. The van der Waals surface area contributed by atoms with E-state index in [-0.39, 0.29) is 38.2 Å². The average molecular weight is 587 g/mol. The van der Waals surface area contributed by atoms with Gasteiger partial charge in [0.25, 0.3) is 11.8 Å². The van der Waals surface area contributed by atoms with Crippen molar-refractivity contribution in [2.45, 2.75) is 0 Å². The first-order chi connectivity index (χ1) is 20.7. The predicted molar refractivity (Wildman–Crippen MR) is 150 cm³/mol. The first kappa shape index (κ1) is 29.9. The summed E-state index contributed by atoms with van der Waals surface area (Å²) in [6, 6.07) is 10.4. The van der Waals surface area contributed by atoms with Crippen molar-refractivity contribution in [2.75, 3.05) is 105 Å². The molecular weight excluding hydrogens is 548 g/mol. The zero-order valence-corrected chi connectivity index (χ0v) is 23.8. The van der Waals surface area contributed by atoms with Gasteiger partial charge in [-0.2, -0.15) is 0 Å². The number of hydrogen-bond acceptors (Lipinski definition) is 10. The zero-order valence-electron chi connectivity index (χ0n) is 23.8. The lowest BCUT2D eigenvalue weighted by Gasteiger charge is -2.27. The Morgan fingerprint density at radius 1 is 0.429 bits per heavy atom. The number of carbonyl (C=O) groups is 2. The van der Waals surface area contributed by atoms with Crippen molar-refractivity contribution < 1.29 is 47.5 Å². The summed E-state index contributed by atoms with van der Waals surface area (Å²) >= 11 is 0. The molecule has 5 rings (SSSR count). The smallest absolute Gasteiger partial charge is 0.254 e. The van der Waals surface area contributed by atoms with E-state index in [9.17, 15) is 9.59 Å². The Hall–Kier alpha value is -3.58. The van der Waals surface area contributed by atoms with Crippen LogP contribution in [0.3, 0.4) is 0 Å². The molecule has 12 heteroatoms. The molecule has 2 amide bonds. The summed E-state index contributed by atoms with van der Waals surface area (Å²) in [6.07, 6.45) is 0. The van der Waals surface area contributed by atoms with Crippen LogP contribution in [0.5, 0.6) is 23.0 Å². The molecule has 0 saturated carbocycles. The van der Waals surface area contributed by atoms with Crippen molar-refractivity contribution in [3.63, 3.8) is 0 Å². The number of ether oxygens (including phenoxy) is 8. The standard InChI is InChI=1S/C30H38N2O10/c33-29(31-5-9-35-10-6-31)23-1-3-25-27(21-23)41-19-15-38-16-20-42-28-22-24(30(34)32-7-11-36-12-8-32)2-4-26(28)40-18-14-37-13-17-39-25/h1-4,21-22H,5-20H2. The number of amides is 2. The van der Waals surface area contributed by atoms with Crippen molar-refractivity contribution >= 4 is 11.8 Å². The van der Waals surface area contributed by atoms with Crippen molar-refractivity contribution in [1.29, 1.82) is 0 Å². The van der Waals surface area contributed by atoms with E-state index in [4.69, 9.17) is 37.9 Å². The number of hydrogen-bond donors (Lipinski definition) is 0. The monoisotopic (exact) mass is 586 g/mol. The van der Waals surface area contributed by atoms with Gasteiger partial charge in [0.2, 0.25) is 0 Å². The molecule has 0 radical (unpaired) electrons. The summed E-state index contributed by atoms with van der Waals surface area (Å²) in [5.74, 6) is 1.82. The Labute approximate surface area is 245 Å². The molecular formula is C30H38N2O10. The maximum Gasteiger partial charge on any atom is 0.254 e. The van der Waals surface area contributed by atoms with E-state index < -0.39 is 0 Å². The van der Waals surface area contributed by atoms with Crippen LogP contribution in [0.2, 0.25) is 0 Å². The zero-order chi connectivity index (χ0) is 29.0. The molecule has 0 N–H and O–H groups in total. The Morgan fingerprint density at radius 3 is 1.14 bits per heavy atom. The van der Waals surface area contributed by atoms with Crippen LogP contribution in [0.4, 0.5) is 0 Å². The van der Waals surface area contributed by atoms with Gasteiger partial charge < -0.3 is 47.7 Å². The molecule has 0 unspecified atom stereocenters. The molecule has 42 heavy (non-hydrogen) atoms. The van der Waals surface area contributed by atoms with Crippen molar-refractivity contribution in [1.82, 2.24) is 9.80 Å². The third kappa shape index (κ3) is 8.25. The molecule has 2 saturated heterocycles. The summed E-state index contributed by atoms with van der Waals surface area (Å²) in [6.45, 7) is 6.67. The predicted octanol–water partition coefficient (Wildman–Crippen LogP) is 1.89. The summed E-state index contributed by atoms with van der Waals surface area (Å²) in [5, 5.41) is 0. The van der Waals surface area contributed by atoms with E-state index in [1.807, 2.05) is 0 Å². The SMILES string of the molecule is O=C(c1ccc2c(c1)OCCOCCOc1cc(C(=O)N3CCOCC3)ccc1OCCOCCO2)N1CCOCC1. The number of nitrogens with zero attached hydrogens (tertiary/aromatic N) is 2. The average Bonchev–Trinajstić information content (AvgIpc) is 3.04. The van der Waals surface area contributed by atoms with E-state index in [1.165, 1.54) is 0 Å². The van der Waals surface area contributed by atoms with Crippen LogP contribution in [0, 0.1) is 0 Å². The van der Waals surface area contributed by atoms with Gasteiger partial charge >= 0.3 is 0 Å². The van der Waals surface area contributed by atoms with Gasteiger partial charge in [0.15, 0.2) is 23.0 Å². The fraction of sp³-hybridized carbons (Fsp3) is 0.533. The molecule has 3 aliphatic heterocycles. The van der Waals surface area contributed by atoms with Crippen LogP contribution in [0.15, 0.2) is 36.4 Å². The Kier molecular flexibility index (Phi) is 11.1. The highest BCUT2D eigenvalue weighted by Crippen LogP contribution is 2.30. The summed E-state index contributed by atoms with van der Waals surface area (Å²) in [7, 11) is 0. The highest BCUT2D eigenvalue weighted by molar-refractivity contribution is 5.95. The first-order valence-corrected chi connectivity index (χ1v) is 14.4. The van der Waals surface area contributed by atoms with E-state index in [2.05, 4.69) is 0 Å². The number of carbonyl (C=O) groups excluding carboxylic acids is 2. The lowest BCUT2D eigenvalue weighted by Crippen LogP contribution is -2.40. The quantitative estimate of drug-likeness (QED) is 0.517. The molecule has 0 aliphatic carbocycles. The van der Waals surface area contributed by atoms with E-state index in [0.29, 0.717) is 113 Å². The van der Waals surface area contributed by atoms with E-state index in [0.717, 1.165) is 0 Å². The Balaban J connectivity index is 1.20. The number of fused-ring (bicyclic) bond motifs is 2. The minimum absolute atomic E-state index is 0.0732. The molecule has 0 atom stereocenters. The largest absolute Gasteiger partial charge is 0.487 e. The summed E-state index contributed by atoms with van der Waals surface area (Å²) in [4.78, 5) is 29.5. The fourth-order valence-corrected chi connectivity index (χ4v) is 4.69. The number of morpholine rings is 2. The van der Waals surface area contributed by atoms with Gasteiger partial charge in [0, 0.05) is 37.3 Å². The van der Waals surface area contributed by atoms with Gasteiger partial charge in [-0.05, 0) is 36.4 Å². The second-order valence-electron chi connectivity index (χ2n) is 9.75. The fourth-order valence-electron chi connectivity index (χ4n) is 4.69. The van der Waals surface area contributed by atoms with Gasteiger partial charge in [0.1, 0.15) is 26.4 Å². The molecule has 2 aromatic rings. The maximum atomic E-state index is 13.0.